The largest absolute Gasteiger partial charge is 0.496 e. The molecule has 1 heterocycles. The Balaban J connectivity index is 2.29. The lowest BCUT2D eigenvalue weighted by Crippen LogP contribution is -2.33. The number of methoxy groups -OCH3 is 1. The van der Waals surface area contributed by atoms with Crippen molar-refractivity contribution in [3.05, 3.63) is 58.0 Å². The molecule has 1 aromatic carbocycles. The van der Waals surface area contributed by atoms with Gasteiger partial charge in [0.25, 0.3) is 11.5 Å². The number of aromatic nitrogens is 2. The van der Waals surface area contributed by atoms with Crippen molar-refractivity contribution in [1.82, 2.24) is 14.7 Å². The number of benzene rings is 1. The van der Waals surface area contributed by atoms with E-state index in [9.17, 15) is 9.59 Å². The number of para-hydroxylation sites is 1. The Morgan fingerprint density at radius 1 is 1.29 bits per heavy atom. The summed E-state index contributed by atoms with van der Waals surface area (Å²) in [6.45, 7) is 4.38. The van der Waals surface area contributed by atoms with Gasteiger partial charge in [-0.1, -0.05) is 25.1 Å². The molecule has 1 aromatic heterocycles. The highest BCUT2D eigenvalue weighted by Crippen LogP contribution is 2.28. The third-order valence-corrected chi connectivity index (χ3v) is 4.01. The monoisotopic (exact) mass is 329 g/mol. The van der Waals surface area contributed by atoms with Gasteiger partial charge in [0.05, 0.1) is 13.2 Å². The van der Waals surface area contributed by atoms with Gasteiger partial charge in [0.15, 0.2) is 0 Å². The van der Waals surface area contributed by atoms with Gasteiger partial charge >= 0.3 is 0 Å². The maximum absolute atomic E-state index is 12.7. The van der Waals surface area contributed by atoms with Gasteiger partial charge < -0.3 is 9.64 Å². The fourth-order valence-corrected chi connectivity index (χ4v) is 2.51. The predicted octanol–water partition coefficient (Wildman–Crippen LogP) is 2.50. The molecule has 0 N–H and O–H groups in total. The van der Waals surface area contributed by atoms with E-state index >= 15 is 0 Å². The molecule has 1 amide bonds. The van der Waals surface area contributed by atoms with Crippen LogP contribution in [0.1, 0.15) is 42.4 Å². The fourth-order valence-electron chi connectivity index (χ4n) is 2.51. The summed E-state index contributed by atoms with van der Waals surface area (Å²) in [5.74, 6) is 0.492. The number of hydrogen-bond acceptors (Lipinski definition) is 4. The van der Waals surface area contributed by atoms with Crippen molar-refractivity contribution < 1.29 is 9.53 Å². The molecule has 0 saturated heterocycles. The second-order valence-electron chi connectivity index (χ2n) is 5.61. The first kappa shape index (κ1) is 17.7. The van der Waals surface area contributed by atoms with E-state index in [1.165, 1.54) is 16.8 Å². The van der Waals surface area contributed by atoms with Gasteiger partial charge in [0.2, 0.25) is 0 Å². The zero-order chi connectivity index (χ0) is 17.7. The van der Waals surface area contributed by atoms with E-state index in [0.29, 0.717) is 6.54 Å². The van der Waals surface area contributed by atoms with Crippen LogP contribution in [0.3, 0.4) is 0 Å². The van der Waals surface area contributed by atoms with Crippen LogP contribution in [-0.4, -0.2) is 34.7 Å². The Morgan fingerprint density at radius 3 is 2.67 bits per heavy atom. The molecule has 0 spiro atoms. The van der Waals surface area contributed by atoms with Crippen LogP contribution in [0, 0.1) is 0 Å². The van der Waals surface area contributed by atoms with E-state index in [-0.39, 0.29) is 23.2 Å². The Hall–Kier alpha value is -2.63. The predicted molar refractivity (Wildman–Crippen MR) is 92.3 cm³/mol. The quantitative estimate of drug-likeness (QED) is 0.817. The number of nitrogens with zero attached hydrogens (tertiary/aromatic N) is 3. The molecule has 6 nitrogen and oxygen atoms in total. The van der Waals surface area contributed by atoms with E-state index in [4.69, 9.17) is 4.74 Å². The fraction of sp³-hybridized carbons (Fsp3) is 0.389. The van der Waals surface area contributed by atoms with Crippen molar-refractivity contribution in [2.45, 2.75) is 32.9 Å². The van der Waals surface area contributed by atoms with E-state index < -0.39 is 0 Å². The maximum Gasteiger partial charge on any atom is 0.274 e. The SMILES string of the molecule is CCCn1nc(C(=O)N(C)[C@@H](C)c2ccccc2OC)ccc1=O. The molecule has 0 aliphatic rings. The van der Waals surface area contributed by atoms with Crippen LogP contribution in [0.5, 0.6) is 5.75 Å². The number of rotatable bonds is 6. The lowest BCUT2D eigenvalue weighted by Gasteiger charge is -2.26. The van der Waals surface area contributed by atoms with Crippen molar-refractivity contribution in [3.8, 4) is 5.75 Å². The van der Waals surface area contributed by atoms with E-state index in [2.05, 4.69) is 5.10 Å². The number of carbonyl (C=O) groups is 1. The molecular formula is C18H23N3O3. The van der Waals surface area contributed by atoms with Crippen LogP contribution < -0.4 is 10.3 Å². The second kappa shape index (κ2) is 7.77. The normalized spacial score (nSPS) is 11.8. The van der Waals surface area contributed by atoms with Crippen LogP contribution in [0.15, 0.2) is 41.2 Å². The summed E-state index contributed by atoms with van der Waals surface area (Å²) in [6, 6.07) is 10.3. The first-order valence-corrected chi connectivity index (χ1v) is 7.97. The Kier molecular flexibility index (Phi) is 5.73. The topological polar surface area (TPSA) is 64.4 Å². The Bertz CT molecular complexity index is 770. The van der Waals surface area contributed by atoms with Gasteiger partial charge in [0.1, 0.15) is 11.4 Å². The lowest BCUT2D eigenvalue weighted by molar-refractivity contribution is 0.0732. The van der Waals surface area contributed by atoms with Gasteiger partial charge in [-0.25, -0.2) is 4.68 Å². The van der Waals surface area contributed by atoms with Gasteiger partial charge in [-0.2, -0.15) is 5.10 Å². The molecule has 6 heteroatoms. The first-order chi connectivity index (χ1) is 11.5. The molecule has 128 valence electrons. The lowest BCUT2D eigenvalue weighted by atomic mass is 10.1. The van der Waals surface area contributed by atoms with Crippen molar-refractivity contribution >= 4 is 5.91 Å². The van der Waals surface area contributed by atoms with Gasteiger partial charge in [-0.3, -0.25) is 9.59 Å². The molecule has 0 saturated carbocycles. The summed E-state index contributed by atoms with van der Waals surface area (Å²) in [4.78, 5) is 26.1. The van der Waals surface area contributed by atoms with Crippen molar-refractivity contribution in [2.24, 2.45) is 0 Å². The van der Waals surface area contributed by atoms with E-state index in [0.717, 1.165) is 17.7 Å². The Labute approximate surface area is 141 Å². The zero-order valence-electron chi connectivity index (χ0n) is 14.5. The summed E-state index contributed by atoms with van der Waals surface area (Å²) in [7, 11) is 3.33. The molecular weight excluding hydrogens is 306 g/mol. The standard InChI is InChI=1S/C18H23N3O3/c1-5-12-21-17(22)11-10-15(19-21)18(23)20(3)13(2)14-8-6-7-9-16(14)24-4/h6-11,13H,5,12H2,1-4H3/t13-/m0/s1. The molecule has 0 radical (unpaired) electrons. The van der Waals surface area contributed by atoms with Crippen LogP contribution in [0.4, 0.5) is 0 Å². The third kappa shape index (κ3) is 3.64. The third-order valence-electron chi connectivity index (χ3n) is 4.01. The summed E-state index contributed by atoms with van der Waals surface area (Å²) in [5, 5.41) is 4.18. The van der Waals surface area contributed by atoms with E-state index in [1.807, 2.05) is 38.1 Å². The molecule has 0 unspecified atom stereocenters. The average molecular weight is 329 g/mol. The second-order valence-corrected chi connectivity index (χ2v) is 5.61. The van der Waals surface area contributed by atoms with Crippen LogP contribution in [0.2, 0.25) is 0 Å². The molecule has 0 bridgehead atoms. The summed E-state index contributed by atoms with van der Waals surface area (Å²) in [6.07, 6.45) is 0.776. The van der Waals surface area contributed by atoms with Crippen LogP contribution in [0.25, 0.3) is 0 Å². The average Bonchev–Trinajstić information content (AvgIpc) is 2.61. The zero-order valence-corrected chi connectivity index (χ0v) is 14.5. The molecule has 0 aliphatic heterocycles. The van der Waals surface area contributed by atoms with Crippen LogP contribution in [-0.2, 0) is 6.54 Å². The van der Waals surface area contributed by atoms with Gasteiger partial charge in [-0.15, -0.1) is 0 Å². The summed E-state index contributed by atoms with van der Waals surface area (Å²) in [5.41, 5.74) is 0.971. The smallest absolute Gasteiger partial charge is 0.274 e. The highest BCUT2D eigenvalue weighted by molar-refractivity contribution is 5.92. The minimum Gasteiger partial charge on any atom is -0.496 e. The van der Waals surface area contributed by atoms with Crippen molar-refractivity contribution in [3.63, 3.8) is 0 Å². The maximum atomic E-state index is 12.7. The molecule has 1 atom stereocenters. The number of amides is 1. The number of carbonyl (C=O) groups excluding carboxylic acids is 1. The van der Waals surface area contributed by atoms with Gasteiger partial charge in [0, 0.05) is 25.2 Å². The number of hydrogen-bond donors (Lipinski definition) is 0. The number of ether oxygens (including phenoxy) is 1. The molecule has 24 heavy (non-hydrogen) atoms. The first-order valence-electron chi connectivity index (χ1n) is 7.97. The molecule has 0 aliphatic carbocycles. The van der Waals surface area contributed by atoms with Crippen molar-refractivity contribution in [2.75, 3.05) is 14.2 Å². The minimum atomic E-state index is -0.238. The van der Waals surface area contributed by atoms with Gasteiger partial charge in [-0.05, 0) is 25.5 Å². The van der Waals surface area contributed by atoms with E-state index in [1.54, 1.807) is 19.1 Å². The number of aryl methyl sites for hydroxylation is 1. The summed E-state index contributed by atoms with van der Waals surface area (Å²) < 4.78 is 6.70. The molecule has 2 rings (SSSR count). The molecule has 0 fully saturated rings. The summed E-state index contributed by atoms with van der Waals surface area (Å²) >= 11 is 0. The highest BCUT2D eigenvalue weighted by atomic mass is 16.5. The highest BCUT2D eigenvalue weighted by Gasteiger charge is 2.22. The minimum absolute atomic E-state index is 0.193. The van der Waals surface area contributed by atoms with Crippen molar-refractivity contribution in [1.29, 1.82) is 0 Å². The molecule has 2 aromatic rings. The Morgan fingerprint density at radius 2 is 2.00 bits per heavy atom. The van der Waals surface area contributed by atoms with Crippen LogP contribution >= 0.6 is 0 Å².